The number of halogens is 1. The summed E-state index contributed by atoms with van der Waals surface area (Å²) in [7, 11) is -0.180. The van der Waals surface area contributed by atoms with E-state index in [1.807, 2.05) is 12.1 Å². The van der Waals surface area contributed by atoms with Crippen molar-refractivity contribution in [1.82, 2.24) is 10.2 Å². The van der Waals surface area contributed by atoms with Crippen LogP contribution in [0.3, 0.4) is 0 Å². The average molecular weight is 379 g/mol. The number of benzene rings is 1. The fraction of sp³-hybridized carbons (Fsp3) is 0.412. The van der Waals surface area contributed by atoms with Crippen LogP contribution in [0.2, 0.25) is 0 Å². The summed E-state index contributed by atoms with van der Waals surface area (Å²) in [5, 5.41) is 10.3. The minimum Gasteiger partial charge on any atom is -0.465 e. The maximum atomic E-state index is 14.7. The number of nitrogens with zero attached hydrogens (tertiary/aromatic N) is 1. The third-order valence-electron chi connectivity index (χ3n) is 4.89. The van der Waals surface area contributed by atoms with Crippen molar-refractivity contribution in [1.29, 1.82) is 0 Å². The van der Waals surface area contributed by atoms with Crippen molar-refractivity contribution >= 4 is 38.6 Å². The molecule has 0 saturated heterocycles. The molecule has 2 heterocycles. The van der Waals surface area contributed by atoms with Crippen molar-refractivity contribution in [3.05, 3.63) is 40.8 Å². The van der Waals surface area contributed by atoms with Gasteiger partial charge in [0, 0.05) is 34.7 Å². The van der Waals surface area contributed by atoms with E-state index in [2.05, 4.69) is 15.5 Å². The van der Waals surface area contributed by atoms with Crippen LogP contribution in [0.4, 0.5) is 15.9 Å². The number of fused-ring (bicyclic) bond motifs is 1. The number of hydrogen-bond donors (Lipinski definition) is 2. The molecule has 0 amide bonds. The van der Waals surface area contributed by atoms with Gasteiger partial charge < -0.3 is 10.1 Å². The topological polar surface area (TPSA) is 67.0 Å². The Bertz CT molecular complexity index is 839. The summed E-state index contributed by atoms with van der Waals surface area (Å²) < 4.78 is 19.7. The zero-order valence-electron chi connectivity index (χ0n) is 13.5. The Balaban J connectivity index is 1.48. The Morgan fingerprint density at radius 1 is 1.40 bits per heavy atom. The molecule has 3 atom stereocenters. The number of carbonyl (C=O) groups is 1. The first-order chi connectivity index (χ1) is 12.1. The average Bonchev–Trinajstić information content (AvgIpc) is 3.30. The van der Waals surface area contributed by atoms with Crippen molar-refractivity contribution in [2.75, 3.05) is 5.32 Å². The van der Waals surface area contributed by atoms with Gasteiger partial charge in [0.25, 0.3) is 6.47 Å². The zero-order chi connectivity index (χ0) is 17.4. The van der Waals surface area contributed by atoms with Gasteiger partial charge >= 0.3 is 0 Å². The van der Waals surface area contributed by atoms with Gasteiger partial charge in [-0.1, -0.05) is 17.3 Å². The van der Waals surface area contributed by atoms with Gasteiger partial charge in [-0.15, -0.1) is 9.45 Å². The Morgan fingerprint density at radius 3 is 3.12 bits per heavy atom. The summed E-state index contributed by atoms with van der Waals surface area (Å²) in [5.74, 6) is 2.07. The zero-order valence-corrected chi connectivity index (χ0v) is 15.1. The Hall–Kier alpha value is -1.80. The van der Waals surface area contributed by atoms with Gasteiger partial charge in [0.2, 0.25) is 0 Å². The van der Waals surface area contributed by atoms with E-state index in [4.69, 9.17) is 15.9 Å². The minimum atomic E-state index is -0.220. The van der Waals surface area contributed by atoms with Crippen molar-refractivity contribution in [2.45, 2.75) is 42.8 Å². The molecule has 1 saturated carbocycles. The van der Waals surface area contributed by atoms with Crippen LogP contribution in [0.5, 0.6) is 0 Å². The number of anilines is 2. The molecular weight excluding hydrogens is 361 g/mol. The second-order valence-corrected chi connectivity index (χ2v) is 9.36. The van der Waals surface area contributed by atoms with E-state index in [9.17, 15) is 9.18 Å². The molecule has 5 nitrogen and oxygen atoms in total. The van der Waals surface area contributed by atoms with Crippen molar-refractivity contribution in [3.8, 4) is 0 Å². The predicted molar refractivity (Wildman–Crippen MR) is 97.9 cm³/mol. The molecule has 1 fully saturated rings. The van der Waals surface area contributed by atoms with Gasteiger partial charge in [0.1, 0.15) is 6.10 Å². The summed E-state index contributed by atoms with van der Waals surface area (Å²) in [6, 6.07) is 5.61. The van der Waals surface area contributed by atoms with E-state index >= 15 is 0 Å². The van der Waals surface area contributed by atoms with E-state index in [0.717, 1.165) is 41.8 Å². The highest BCUT2D eigenvalue weighted by Crippen LogP contribution is 2.36. The van der Waals surface area contributed by atoms with Crippen LogP contribution < -0.4 is 5.32 Å². The molecule has 2 N–H and O–H groups in total. The maximum Gasteiger partial charge on any atom is 0.293 e. The fourth-order valence-corrected chi connectivity index (χ4v) is 5.69. The number of carbonyl (C=O) groups excluding carboxylic acids is 1. The lowest BCUT2D eigenvalue weighted by atomic mass is 10.0. The first-order valence-electron chi connectivity index (χ1n) is 8.20. The number of rotatable bonds is 5. The fourth-order valence-electron chi connectivity index (χ4n) is 3.61. The second-order valence-electron chi connectivity index (χ2n) is 6.49. The number of nitrogens with one attached hydrogen (secondary N) is 2. The third kappa shape index (κ3) is 3.32. The van der Waals surface area contributed by atoms with Crippen molar-refractivity contribution in [2.24, 2.45) is 0 Å². The van der Waals surface area contributed by atoms with Crippen LogP contribution >= 0.6 is 0 Å². The van der Waals surface area contributed by atoms with Gasteiger partial charge in [-0.05, 0) is 30.9 Å². The molecule has 4 rings (SSSR count). The summed E-state index contributed by atoms with van der Waals surface area (Å²) in [6.45, 7) is 0.511. The largest absolute Gasteiger partial charge is 0.465 e. The lowest BCUT2D eigenvalue weighted by Gasteiger charge is -2.08. The molecule has 1 aromatic heterocycles. The van der Waals surface area contributed by atoms with Gasteiger partial charge in [-0.2, -0.15) is 5.10 Å². The lowest BCUT2D eigenvalue weighted by molar-refractivity contribution is -0.133. The molecule has 2 aromatic rings. The SMILES string of the molecule is O=COC1CCC(c2cc(Nc3ccc4c(c3F)CS(=S)C4)n[nH]2)C1. The summed E-state index contributed by atoms with van der Waals surface area (Å²) >= 11 is 5.32. The highest BCUT2D eigenvalue weighted by molar-refractivity contribution is 8.28. The number of aromatic nitrogens is 2. The van der Waals surface area contributed by atoms with Gasteiger partial charge in [0.05, 0.1) is 5.69 Å². The molecule has 0 bridgehead atoms. The molecule has 0 radical (unpaired) electrons. The summed E-state index contributed by atoms with van der Waals surface area (Å²) in [6.07, 6.45) is 2.56. The molecule has 1 aliphatic carbocycles. The van der Waals surface area contributed by atoms with Crippen LogP contribution in [0.1, 0.15) is 42.0 Å². The predicted octanol–water partition coefficient (Wildman–Crippen LogP) is 3.20. The van der Waals surface area contributed by atoms with Crippen LogP contribution in [0.25, 0.3) is 0 Å². The molecule has 8 heteroatoms. The first-order valence-corrected chi connectivity index (χ1v) is 10.7. The van der Waals surface area contributed by atoms with Gasteiger partial charge in [-0.25, -0.2) is 4.39 Å². The molecule has 3 unspecified atom stereocenters. The summed E-state index contributed by atoms with van der Waals surface area (Å²) in [4.78, 5) is 10.5. The monoisotopic (exact) mass is 379 g/mol. The van der Waals surface area contributed by atoms with Crippen LogP contribution in [0.15, 0.2) is 18.2 Å². The second kappa shape index (κ2) is 6.84. The van der Waals surface area contributed by atoms with Crippen LogP contribution in [0, 0.1) is 5.82 Å². The van der Waals surface area contributed by atoms with Crippen LogP contribution in [-0.2, 0) is 41.7 Å². The minimum absolute atomic E-state index is 0.0245. The standard InChI is InChI=1S/C17H18FN3O2S2/c18-17-13-8-25(24)7-11(13)2-4-14(17)19-16-6-15(20-21-16)10-1-3-12(5-10)23-9-22/h2,4,6,9-10,12H,1,3,5,7-8H2,(H2,19,20,21). The molecule has 0 spiro atoms. The molecule has 2 aliphatic rings. The Kier molecular flexibility index (Phi) is 4.56. The van der Waals surface area contributed by atoms with E-state index < -0.39 is 0 Å². The Morgan fingerprint density at radius 2 is 2.28 bits per heavy atom. The van der Waals surface area contributed by atoms with Crippen LogP contribution in [-0.4, -0.2) is 22.8 Å². The molecule has 1 aliphatic heterocycles. The van der Waals surface area contributed by atoms with Crippen molar-refractivity contribution in [3.63, 3.8) is 0 Å². The van der Waals surface area contributed by atoms with Gasteiger partial charge in [0.15, 0.2) is 11.6 Å². The maximum absolute atomic E-state index is 14.7. The number of aromatic amines is 1. The molecule has 1 aromatic carbocycles. The number of H-pyrrole nitrogens is 1. The molecular formula is C17H18FN3O2S2. The third-order valence-corrected chi connectivity index (χ3v) is 6.85. The molecule has 132 valence electrons. The number of ether oxygens (including phenoxy) is 1. The number of hydrogen-bond acceptors (Lipinski definition) is 5. The van der Waals surface area contributed by atoms with E-state index in [1.54, 1.807) is 6.07 Å². The first kappa shape index (κ1) is 16.7. The van der Waals surface area contributed by atoms with E-state index in [-0.39, 0.29) is 27.3 Å². The van der Waals surface area contributed by atoms with Gasteiger partial charge in [-0.3, -0.25) is 9.89 Å². The lowest BCUT2D eigenvalue weighted by Crippen LogP contribution is -2.06. The van der Waals surface area contributed by atoms with E-state index in [0.29, 0.717) is 23.7 Å². The highest BCUT2D eigenvalue weighted by Gasteiger charge is 2.28. The van der Waals surface area contributed by atoms with E-state index in [1.165, 1.54) is 0 Å². The normalized spacial score (nSPS) is 24.9. The quantitative estimate of drug-likeness (QED) is 0.781. The summed E-state index contributed by atoms with van der Waals surface area (Å²) in [5.41, 5.74) is 3.17. The van der Waals surface area contributed by atoms with Crippen molar-refractivity contribution < 1.29 is 13.9 Å². The highest BCUT2D eigenvalue weighted by atomic mass is 32.8. The Labute approximate surface area is 151 Å². The smallest absolute Gasteiger partial charge is 0.293 e. The molecule has 25 heavy (non-hydrogen) atoms.